The molecule has 0 aromatic carbocycles. The number of hydrogen-bond acceptors (Lipinski definition) is 6. The van der Waals surface area contributed by atoms with Crippen LogP contribution in [0.25, 0.3) is 0 Å². The topological polar surface area (TPSA) is 113 Å². The van der Waals surface area contributed by atoms with Gasteiger partial charge in [0.25, 0.3) is 0 Å². The summed E-state index contributed by atoms with van der Waals surface area (Å²) in [6.45, 7) is 3.32. The van der Waals surface area contributed by atoms with E-state index < -0.39 is 11.5 Å². The Balaban J connectivity index is 3.45. The maximum Gasteiger partial charge on any atom is 0.203 e. The van der Waals surface area contributed by atoms with E-state index in [1.54, 1.807) is 13.8 Å². The van der Waals surface area contributed by atoms with Gasteiger partial charge in [-0.05, 0) is 13.8 Å². The lowest BCUT2D eigenvalue weighted by molar-refractivity contribution is 0.257. The van der Waals surface area contributed by atoms with Crippen molar-refractivity contribution in [1.29, 1.82) is 15.8 Å². The maximum absolute atomic E-state index is 9.10. The predicted octanol–water partition coefficient (Wildman–Crippen LogP) is 0.424. The molecule has 0 amide bonds. The van der Waals surface area contributed by atoms with Gasteiger partial charge in [-0.3, -0.25) is 0 Å². The number of nitrogens with zero attached hydrogens (tertiary/aromatic N) is 5. The van der Waals surface area contributed by atoms with Crippen molar-refractivity contribution >= 4 is 6.21 Å². The Hall–Kier alpha value is -2.52. The molecule has 0 aromatic rings. The molecule has 6 nitrogen and oxygen atoms in total. The molecule has 0 radical (unpaired) electrons. The van der Waals surface area contributed by atoms with Crippen molar-refractivity contribution < 1.29 is 0 Å². The highest BCUT2D eigenvalue weighted by Crippen LogP contribution is 2.41. The summed E-state index contributed by atoms with van der Waals surface area (Å²) in [6.07, 6.45) is 1.49. The van der Waals surface area contributed by atoms with Crippen LogP contribution in [0.4, 0.5) is 0 Å². The number of hydrazone groups is 1. The number of hydrogen-bond donors (Lipinski definition) is 1. The van der Waals surface area contributed by atoms with E-state index in [9.17, 15) is 0 Å². The first kappa shape index (κ1) is 11.6. The van der Waals surface area contributed by atoms with Gasteiger partial charge in [-0.2, -0.15) is 20.9 Å². The summed E-state index contributed by atoms with van der Waals surface area (Å²) in [7, 11) is 0. The first-order valence-corrected chi connectivity index (χ1v) is 4.59. The van der Waals surface area contributed by atoms with Crippen molar-refractivity contribution in [2.24, 2.45) is 16.3 Å². The molecule has 0 bridgehead atoms. The summed E-state index contributed by atoms with van der Waals surface area (Å²) >= 11 is 0. The fraction of sp³-hybridized carbons (Fsp3) is 0.400. The van der Waals surface area contributed by atoms with Gasteiger partial charge in [-0.15, -0.1) is 0 Å². The molecule has 0 spiro atoms. The third-order valence-corrected chi connectivity index (χ3v) is 2.60. The summed E-state index contributed by atoms with van der Waals surface area (Å²) < 4.78 is 0. The quantitative estimate of drug-likeness (QED) is 0.635. The molecule has 1 aliphatic heterocycles. The number of rotatable bonds is 1. The predicted molar refractivity (Wildman–Crippen MR) is 56.0 cm³/mol. The first-order chi connectivity index (χ1) is 7.58. The molecule has 1 atom stereocenters. The van der Waals surface area contributed by atoms with Gasteiger partial charge in [0.05, 0.1) is 18.2 Å². The molecule has 0 saturated carbocycles. The summed E-state index contributed by atoms with van der Waals surface area (Å²) in [6, 6.07) is 4.96. The molecular weight excluding hydrogens is 204 g/mol. The molecule has 0 aromatic heterocycles. The molecule has 2 N–H and O–H groups in total. The fourth-order valence-electron chi connectivity index (χ4n) is 1.67. The minimum Gasteiger partial charge on any atom is -0.383 e. The van der Waals surface area contributed by atoms with E-state index in [0.29, 0.717) is 0 Å². The van der Waals surface area contributed by atoms with Crippen LogP contribution < -0.4 is 5.73 Å². The van der Waals surface area contributed by atoms with Crippen molar-refractivity contribution in [3.05, 3.63) is 11.4 Å². The van der Waals surface area contributed by atoms with Crippen LogP contribution in [-0.2, 0) is 0 Å². The largest absolute Gasteiger partial charge is 0.383 e. The highest BCUT2D eigenvalue weighted by atomic mass is 15.5. The van der Waals surface area contributed by atoms with Crippen LogP contribution in [0.15, 0.2) is 16.5 Å². The zero-order valence-electron chi connectivity index (χ0n) is 8.97. The zero-order chi connectivity index (χ0) is 12.3. The van der Waals surface area contributed by atoms with Crippen LogP contribution in [0.1, 0.15) is 13.8 Å². The number of nitriles is 3. The molecule has 16 heavy (non-hydrogen) atoms. The van der Waals surface area contributed by atoms with Crippen LogP contribution in [-0.4, -0.2) is 17.3 Å². The van der Waals surface area contributed by atoms with E-state index in [4.69, 9.17) is 21.5 Å². The minimum atomic E-state index is -1.54. The van der Waals surface area contributed by atoms with Crippen LogP contribution in [0.5, 0.6) is 0 Å². The van der Waals surface area contributed by atoms with Gasteiger partial charge in [-0.1, -0.05) is 0 Å². The maximum atomic E-state index is 9.10. The Morgan fingerprint density at radius 1 is 1.44 bits per heavy atom. The molecule has 1 aliphatic rings. The molecule has 0 fully saturated rings. The van der Waals surface area contributed by atoms with Crippen molar-refractivity contribution in [3.63, 3.8) is 0 Å². The van der Waals surface area contributed by atoms with Gasteiger partial charge < -0.3 is 5.73 Å². The number of nitrogens with two attached hydrogens (primary N) is 1. The lowest BCUT2D eigenvalue weighted by atomic mass is 9.80. The molecule has 6 heteroatoms. The van der Waals surface area contributed by atoms with Crippen molar-refractivity contribution in [1.82, 2.24) is 5.01 Å². The summed E-state index contributed by atoms with van der Waals surface area (Å²) in [5.74, 6) is 0.0659. The van der Waals surface area contributed by atoms with Crippen LogP contribution in [0.3, 0.4) is 0 Å². The first-order valence-electron chi connectivity index (χ1n) is 4.59. The lowest BCUT2D eigenvalue weighted by Crippen LogP contribution is -2.36. The summed E-state index contributed by atoms with van der Waals surface area (Å²) in [5.41, 5.74) is 4.14. The Morgan fingerprint density at radius 2 is 2.00 bits per heavy atom. The molecule has 0 aliphatic carbocycles. The minimum absolute atomic E-state index is 0.0319. The van der Waals surface area contributed by atoms with Crippen molar-refractivity contribution in [2.75, 3.05) is 0 Å². The van der Waals surface area contributed by atoms with Crippen molar-refractivity contribution in [2.45, 2.75) is 19.9 Å². The van der Waals surface area contributed by atoms with Crippen LogP contribution >= 0.6 is 0 Å². The Bertz CT molecular complexity index is 467. The molecule has 0 saturated heterocycles. The van der Waals surface area contributed by atoms with Gasteiger partial charge in [-0.25, -0.2) is 5.01 Å². The second kappa shape index (κ2) is 3.92. The summed E-state index contributed by atoms with van der Waals surface area (Å²) in [4.78, 5) is 0. The van der Waals surface area contributed by atoms with E-state index in [1.165, 1.54) is 11.2 Å². The standard InChI is InChI=1S/C10H10N6/c1-3-15-16-7(2)10(5-12,6-13)8(4-11)9(16)14/h3,7H,14H2,1-2H3/b15-3+. The monoisotopic (exact) mass is 214 g/mol. The van der Waals surface area contributed by atoms with E-state index in [-0.39, 0.29) is 11.4 Å². The Morgan fingerprint density at radius 3 is 2.31 bits per heavy atom. The Labute approximate surface area is 93.5 Å². The van der Waals surface area contributed by atoms with E-state index in [0.717, 1.165) is 0 Å². The van der Waals surface area contributed by atoms with E-state index in [1.807, 2.05) is 18.2 Å². The molecular formula is C10H10N6. The second-order valence-corrected chi connectivity index (χ2v) is 3.30. The van der Waals surface area contributed by atoms with E-state index in [2.05, 4.69) is 5.10 Å². The highest BCUT2D eigenvalue weighted by molar-refractivity contribution is 5.55. The normalized spacial score (nSPS) is 22.9. The molecule has 1 unspecified atom stereocenters. The lowest BCUT2D eigenvalue weighted by Gasteiger charge is -2.23. The fourth-order valence-corrected chi connectivity index (χ4v) is 1.67. The van der Waals surface area contributed by atoms with Gasteiger partial charge in [0.2, 0.25) is 5.41 Å². The van der Waals surface area contributed by atoms with E-state index >= 15 is 0 Å². The highest BCUT2D eigenvalue weighted by Gasteiger charge is 2.52. The van der Waals surface area contributed by atoms with Gasteiger partial charge in [0, 0.05) is 6.21 Å². The third-order valence-electron chi connectivity index (χ3n) is 2.60. The smallest absolute Gasteiger partial charge is 0.203 e. The van der Waals surface area contributed by atoms with Gasteiger partial charge in [0.1, 0.15) is 17.5 Å². The molecule has 80 valence electrons. The summed E-state index contributed by atoms with van der Waals surface area (Å²) in [5, 5.41) is 32.4. The van der Waals surface area contributed by atoms with Crippen LogP contribution in [0, 0.1) is 39.4 Å². The van der Waals surface area contributed by atoms with Crippen molar-refractivity contribution in [3.8, 4) is 18.2 Å². The second-order valence-electron chi connectivity index (χ2n) is 3.30. The van der Waals surface area contributed by atoms with Gasteiger partial charge >= 0.3 is 0 Å². The zero-order valence-corrected chi connectivity index (χ0v) is 8.97. The average molecular weight is 214 g/mol. The SMILES string of the molecule is C/C=N/N1C(N)=C(C#N)C(C#N)(C#N)C1C. The molecule has 1 heterocycles. The molecule has 1 rings (SSSR count). The van der Waals surface area contributed by atoms with Crippen LogP contribution in [0.2, 0.25) is 0 Å². The third kappa shape index (κ3) is 1.20. The van der Waals surface area contributed by atoms with Gasteiger partial charge in [0.15, 0.2) is 0 Å². The Kier molecular flexibility index (Phi) is 2.83. The average Bonchev–Trinajstić information content (AvgIpc) is 2.50.